The van der Waals surface area contributed by atoms with E-state index in [1.807, 2.05) is 6.07 Å². The maximum Gasteiger partial charge on any atom is 0.340 e. The molecule has 0 spiro atoms. The lowest BCUT2D eigenvalue weighted by atomic mass is 9.95. The molecule has 1 aliphatic heterocycles. The Morgan fingerprint density at radius 1 is 1.03 bits per heavy atom. The Labute approximate surface area is 188 Å². The van der Waals surface area contributed by atoms with Crippen molar-refractivity contribution in [1.82, 2.24) is 30.8 Å². The second-order valence-corrected chi connectivity index (χ2v) is 6.90. The molecule has 1 aliphatic rings. The number of ether oxygens (including phenoxy) is 2. The van der Waals surface area contributed by atoms with Crippen LogP contribution in [0.4, 0.5) is 4.79 Å². The average molecular weight is 448 g/mol. The van der Waals surface area contributed by atoms with Crippen molar-refractivity contribution in [3.8, 4) is 5.69 Å². The number of esters is 2. The highest BCUT2D eigenvalue weighted by molar-refractivity contribution is 5.96. The number of carbonyl (C=O) groups excluding carboxylic acids is 3. The molecule has 0 fully saturated rings. The minimum Gasteiger partial charge on any atom is -0.463 e. The number of nitrogens with zero attached hydrogens (tertiary/aromatic N) is 4. The van der Waals surface area contributed by atoms with Crippen molar-refractivity contribution in [2.75, 3.05) is 13.2 Å². The van der Waals surface area contributed by atoms with Gasteiger partial charge in [0.2, 0.25) is 0 Å². The second kappa shape index (κ2) is 9.73. The summed E-state index contributed by atoms with van der Waals surface area (Å²) in [5.41, 5.74) is 1.61. The van der Waals surface area contributed by atoms with Gasteiger partial charge in [-0.05, 0) is 35.0 Å². The van der Waals surface area contributed by atoms with Crippen LogP contribution in [0.2, 0.25) is 0 Å². The molecule has 0 radical (unpaired) electrons. The molecule has 1 atom stereocenters. The van der Waals surface area contributed by atoms with Gasteiger partial charge >= 0.3 is 18.0 Å². The van der Waals surface area contributed by atoms with Crippen LogP contribution in [-0.2, 0) is 14.3 Å². The normalized spacial score (nSPS) is 15.4. The van der Waals surface area contributed by atoms with Crippen LogP contribution >= 0.6 is 0 Å². The van der Waals surface area contributed by atoms with E-state index in [4.69, 9.17) is 9.47 Å². The molecule has 11 nitrogen and oxygen atoms in total. The minimum absolute atomic E-state index is 0.138. The van der Waals surface area contributed by atoms with E-state index >= 15 is 0 Å². The van der Waals surface area contributed by atoms with Crippen molar-refractivity contribution in [1.29, 1.82) is 0 Å². The average Bonchev–Trinajstić information content (AvgIpc) is 3.38. The Hall–Kier alpha value is -4.54. The summed E-state index contributed by atoms with van der Waals surface area (Å²) in [6, 6.07) is 14.3. The summed E-state index contributed by atoms with van der Waals surface area (Å²) in [7, 11) is 0. The van der Waals surface area contributed by atoms with Gasteiger partial charge in [-0.3, -0.25) is 0 Å². The maximum atomic E-state index is 12.9. The summed E-state index contributed by atoms with van der Waals surface area (Å²) < 4.78 is 12.0. The van der Waals surface area contributed by atoms with Crippen LogP contribution in [0.5, 0.6) is 0 Å². The first-order valence-corrected chi connectivity index (χ1v) is 10.1. The number of hydrogen-bond acceptors (Lipinski definition) is 8. The van der Waals surface area contributed by atoms with Crippen molar-refractivity contribution in [2.24, 2.45) is 0 Å². The van der Waals surface area contributed by atoms with Crippen LogP contribution in [0.1, 0.15) is 28.9 Å². The van der Waals surface area contributed by atoms with Gasteiger partial charge < -0.3 is 20.1 Å². The van der Waals surface area contributed by atoms with Gasteiger partial charge in [0, 0.05) is 0 Å². The number of tetrazole rings is 1. The SMILES string of the molecule is CCOC(=O)C1=C(COC(=O)c2ccccc2-n2cnnn2)NC(=O)N[C@H]1c1ccccc1. The molecule has 2 heterocycles. The van der Waals surface area contributed by atoms with Crippen molar-refractivity contribution < 1.29 is 23.9 Å². The highest BCUT2D eigenvalue weighted by atomic mass is 16.5. The van der Waals surface area contributed by atoms with Gasteiger partial charge in [-0.15, -0.1) is 5.10 Å². The van der Waals surface area contributed by atoms with Crippen LogP contribution in [0.3, 0.4) is 0 Å². The van der Waals surface area contributed by atoms with Crippen molar-refractivity contribution in [3.63, 3.8) is 0 Å². The number of aromatic nitrogens is 4. The molecular formula is C22H20N6O5. The Morgan fingerprint density at radius 2 is 1.79 bits per heavy atom. The predicted molar refractivity (Wildman–Crippen MR) is 114 cm³/mol. The Morgan fingerprint density at radius 3 is 2.52 bits per heavy atom. The highest BCUT2D eigenvalue weighted by Crippen LogP contribution is 2.28. The van der Waals surface area contributed by atoms with Crippen molar-refractivity contribution in [2.45, 2.75) is 13.0 Å². The number of hydrogen-bond donors (Lipinski definition) is 2. The fourth-order valence-electron chi connectivity index (χ4n) is 3.41. The van der Waals surface area contributed by atoms with E-state index < -0.39 is 24.0 Å². The number of benzene rings is 2. The van der Waals surface area contributed by atoms with Gasteiger partial charge in [-0.2, -0.15) is 4.68 Å². The van der Waals surface area contributed by atoms with E-state index in [1.54, 1.807) is 55.5 Å². The van der Waals surface area contributed by atoms with Gasteiger partial charge in [-0.1, -0.05) is 42.5 Å². The summed E-state index contributed by atoms with van der Waals surface area (Å²) in [5.74, 6) is -1.31. The third kappa shape index (κ3) is 4.71. The summed E-state index contributed by atoms with van der Waals surface area (Å²) in [4.78, 5) is 38.0. The van der Waals surface area contributed by atoms with E-state index in [2.05, 4.69) is 26.2 Å². The van der Waals surface area contributed by atoms with Crippen LogP contribution in [0.15, 0.2) is 72.2 Å². The number of rotatable bonds is 7. The zero-order valence-electron chi connectivity index (χ0n) is 17.6. The van der Waals surface area contributed by atoms with E-state index in [0.717, 1.165) is 0 Å². The number of urea groups is 1. The first-order chi connectivity index (χ1) is 16.1. The van der Waals surface area contributed by atoms with E-state index in [1.165, 1.54) is 11.0 Å². The number of para-hydroxylation sites is 1. The van der Waals surface area contributed by atoms with E-state index in [-0.39, 0.29) is 30.0 Å². The minimum atomic E-state index is -0.763. The third-order valence-corrected chi connectivity index (χ3v) is 4.85. The highest BCUT2D eigenvalue weighted by Gasteiger charge is 2.34. The fraction of sp³-hybridized carbons (Fsp3) is 0.182. The number of carbonyl (C=O) groups is 3. The van der Waals surface area contributed by atoms with Crippen molar-refractivity contribution >= 4 is 18.0 Å². The zero-order valence-corrected chi connectivity index (χ0v) is 17.6. The smallest absolute Gasteiger partial charge is 0.340 e. The number of amides is 2. The van der Waals surface area contributed by atoms with Crippen LogP contribution in [-0.4, -0.2) is 51.4 Å². The van der Waals surface area contributed by atoms with Gasteiger partial charge in [0.25, 0.3) is 0 Å². The molecule has 11 heteroatoms. The summed E-state index contributed by atoms with van der Waals surface area (Å²) in [5, 5.41) is 16.2. The molecule has 4 rings (SSSR count). The molecule has 1 aromatic heterocycles. The lowest BCUT2D eigenvalue weighted by Gasteiger charge is -2.29. The molecule has 0 bridgehead atoms. The summed E-state index contributed by atoms with van der Waals surface area (Å²) in [6.07, 6.45) is 1.35. The largest absolute Gasteiger partial charge is 0.463 e. The standard InChI is InChI=1S/C22H20N6O5/c1-2-32-21(30)18-16(24-22(31)25-19(18)14-8-4-3-5-9-14)12-33-20(29)15-10-6-7-11-17(15)28-13-23-26-27-28/h3-11,13,19H,2,12H2,1H3,(H2,24,25,31)/t19-/m0/s1. The lowest BCUT2D eigenvalue weighted by Crippen LogP contribution is -2.47. The van der Waals surface area contributed by atoms with Gasteiger partial charge in [0.05, 0.1) is 35.2 Å². The first kappa shape index (κ1) is 21.7. The van der Waals surface area contributed by atoms with Crippen molar-refractivity contribution in [3.05, 3.63) is 83.3 Å². The fourth-order valence-corrected chi connectivity index (χ4v) is 3.41. The Kier molecular flexibility index (Phi) is 6.39. The molecule has 0 aliphatic carbocycles. The lowest BCUT2D eigenvalue weighted by molar-refractivity contribution is -0.139. The third-order valence-electron chi connectivity index (χ3n) is 4.85. The molecule has 0 unspecified atom stereocenters. The topological polar surface area (TPSA) is 137 Å². The molecule has 2 N–H and O–H groups in total. The quantitative estimate of drug-likeness (QED) is 0.521. The Balaban J connectivity index is 1.64. The molecule has 2 amide bonds. The van der Waals surface area contributed by atoms with Gasteiger partial charge in [0.15, 0.2) is 0 Å². The molecule has 0 saturated heterocycles. The maximum absolute atomic E-state index is 12.9. The summed E-state index contributed by atoms with van der Waals surface area (Å²) >= 11 is 0. The molecule has 3 aromatic rings. The predicted octanol–water partition coefficient (Wildman–Crippen LogP) is 1.69. The Bertz CT molecular complexity index is 1190. The number of nitrogens with one attached hydrogen (secondary N) is 2. The van der Waals surface area contributed by atoms with Crippen LogP contribution in [0, 0.1) is 0 Å². The van der Waals surface area contributed by atoms with Gasteiger partial charge in [-0.25, -0.2) is 14.4 Å². The molecule has 0 saturated carbocycles. The van der Waals surface area contributed by atoms with Gasteiger partial charge in [0.1, 0.15) is 12.9 Å². The molecular weight excluding hydrogens is 428 g/mol. The zero-order chi connectivity index (χ0) is 23.2. The van der Waals surface area contributed by atoms with Crippen LogP contribution < -0.4 is 10.6 Å². The first-order valence-electron chi connectivity index (χ1n) is 10.1. The molecule has 2 aromatic carbocycles. The molecule has 168 valence electrons. The van der Waals surface area contributed by atoms with E-state index in [0.29, 0.717) is 11.3 Å². The van der Waals surface area contributed by atoms with Crippen LogP contribution in [0.25, 0.3) is 5.69 Å². The summed E-state index contributed by atoms with van der Waals surface area (Å²) in [6.45, 7) is 1.47. The second-order valence-electron chi connectivity index (χ2n) is 6.90. The van der Waals surface area contributed by atoms with E-state index in [9.17, 15) is 14.4 Å². The monoisotopic (exact) mass is 448 g/mol. The molecule has 33 heavy (non-hydrogen) atoms.